The van der Waals surface area contributed by atoms with Crippen molar-refractivity contribution in [2.75, 3.05) is 5.73 Å². The summed E-state index contributed by atoms with van der Waals surface area (Å²) in [6.07, 6.45) is 3.58. The van der Waals surface area contributed by atoms with Crippen molar-refractivity contribution >= 4 is 11.8 Å². The number of nitrogens with zero attached hydrogens (tertiary/aromatic N) is 3. The zero-order chi connectivity index (χ0) is 20.7. The fraction of sp³-hybridized carbons (Fsp3) is 0.227. The molecule has 0 radical (unpaired) electrons. The van der Waals surface area contributed by atoms with E-state index in [1.807, 2.05) is 12.1 Å². The summed E-state index contributed by atoms with van der Waals surface area (Å²) in [5, 5.41) is 7.68. The molecule has 1 spiro atoms. The lowest BCUT2D eigenvalue weighted by Crippen LogP contribution is -2.57. The van der Waals surface area contributed by atoms with Gasteiger partial charge in [0.15, 0.2) is 5.82 Å². The zero-order valence-electron chi connectivity index (χ0n) is 16.0. The molecule has 152 valence electrons. The maximum Gasteiger partial charge on any atom is 0.416 e. The molecule has 2 aromatic carbocycles. The third-order valence-corrected chi connectivity index (χ3v) is 5.78. The van der Waals surface area contributed by atoms with Gasteiger partial charge in [0, 0.05) is 29.5 Å². The highest BCUT2D eigenvalue weighted by Gasteiger charge is 2.51. The van der Waals surface area contributed by atoms with Crippen LogP contribution in [0.25, 0.3) is 0 Å². The first kappa shape index (κ1) is 18.4. The topological polar surface area (TPSA) is 90.6 Å². The van der Waals surface area contributed by atoms with Crippen LogP contribution in [0.2, 0.25) is 0 Å². The number of ether oxygens (including phenoxy) is 2. The second-order valence-corrected chi connectivity index (χ2v) is 7.48. The third-order valence-electron chi connectivity index (χ3n) is 5.78. The molecule has 2 N–H and O–H groups in total. The van der Waals surface area contributed by atoms with Gasteiger partial charge >= 0.3 is 6.09 Å². The Labute approximate surface area is 172 Å². The van der Waals surface area contributed by atoms with Crippen molar-refractivity contribution in [2.45, 2.75) is 31.3 Å². The number of hydrogen-bond acceptors (Lipinski definition) is 6. The van der Waals surface area contributed by atoms with Gasteiger partial charge in [-0.3, -0.25) is 4.90 Å². The Morgan fingerprint density at radius 1 is 1.20 bits per heavy atom. The van der Waals surface area contributed by atoms with Crippen molar-refractivity contribution in [1.29, 1.82) is 0 Å². The van der Waals surface area contributed by atoms with Crippen LogP contribution in [0.1, 0.15) is 30.4 Å². The normalized spacial score (nSPS) is 16.6. The molecule has 0 saturated heterocycles. The first-order chi connectivity index (χ1) is 14.6. The molecule has 1 amide bonds. The molecule has 1 aliphatic heterocycles. The van der Waals surface area contributed by atoms with Crippen LogP contribution in [0.3, 0.4) is 0 Å². The molecule has 2 aliphatic rings. The minimum absolute atomic E-state index is 0.0618. The van der Waals surface area contributed by atoms with Crippen LogP contribution in [-0.4, -0.2) is 21.2 Å². The average molecular weight is 406 g/mol. The van der Waals surface area contributed by atoms with Gasteiger partial charge in [0.25, 0.3) is 0 Å². The molecule has 1 aliphatic carbocycles. The number of benzene rings is 2. The third kappa shape index (κ3) is 2.92. The quantitative estimate of drug-likeness (QED) is 0.647. The van der Waals surface area contributed by atoms with Gasteiger partial charge in [-0.1, -0.05) is 12.1 Å². The Balaban J connectivity index is 1.48. The van der Waals surface area contributed by atoms with E-state index in [-0.39, 0.29) is 12.2 Å². The SMILES string of the molecule is Nc1cccc(CN2C(=O)Oc3cc(Oc4cccnn4)ccc3C23CCC3)c1F. The van der Waals surface area contributed by atoms with Crippen LogP contribution >= 0.6 is 0 Å². The summed E-state index contributed by atoms with van der Waals surface area (Å²) < 4.78 is 25.8. The maximum atomic E-state index is 14.5. The number of amides is 1. The molecule has 8 heteroatoms. The number of anilines is 1. The van der Waals surface area contributed by atoms with E-state index in [1.165, 1.54) is 6.07 Å². The van der Waals surface area contributed by atoms with E-state index in [0.717, 1.165) is 24.8 Å². The van der Waals surface area contributed by atoms with Crippen LogP contribution in [0, 0.1) is 5.82 Å². The molecular formula is C22H19FN4O3. The fourth-order valence-corrected chi connectivity index (χ4v) is 4.13. The van der Waals surface area contributed by atoms with Gasteiger partial charge in [0.05, 0.1) is 17.8 Å². The number of rotatable bonds is 4. The largest absolute Gasteiger partial charge is 0.437 e. The van der Waals surface area contributed by atoms with Crippen LogP contribution in [0.4, 0.5) is 14.9 Å². The molecule has 3 aromatic rings. The Morgan fingerprint density at radius 2 is 2.07 bits per heavy atom. The van der Waals surface area contributed by atoms with Gasteiger partial charge in [-0.25, -0.2) is 9.18 Å². The average Bonchev–Trinajstić information content (AvgIpc) is 2.71. The van der Waals surface area contributed by atoms with Crippen LogP contribution in [-0.2, 0) is 12.1 Å². The second kappa shape index (κ2) is 6.98. The number of nitrogen functional groups attached to an aromatic ring is 1. The van der Waals surface area contributed by atoms with Crippen molar-refractivity contribution in [1.82, 2.24) is 15.1 Å². The van der Waals surface area contributed by atoms with Crippen molar-refractivity contribution in [2.24, 2.45) is 0 Å². The van der Waals surface area contributed by atoms with Crippen molar-refractivity contribution in [3.05, 3.63) is 71.7 Å². The van der Waals surface area contributed by atoms with Gasteiger partial charge in [-0.05, 0) is 43.5 Å². The van der Waals surface area contributed by atoms with Gasteiger partial charge in [0.1, 0.15) is 11.5 Å². The van der Waals surface area contributed by atoms with E-state index >= 15 is 0 Å². The summed E-state index contributed by atoms with van der Waals surface area (Å²) in [6, 6.07) is 13.6. The summed E-state index contributed by atoms with van der Waals surface area (Å²) in [5.74, 6) is 0.784. The molecule has 5 rings (SSSR count). The molecule has 1 saturated carbocycles. The predicted molar refractivity (Wildman–Crippen MR) is 106 cm³/mol. The van der Waals surface area contributed by atoms with E-state index in [0.29, 0.717) is 22.9 Å². The minimum atomic E-state index is -0.521. The molecular weight excluding hydrogens is 387 g/mol. The Bertz CT molecular complexity index is 1120. The molecule has 0 bridgehead atoms. The van der Waals surface area contributed by atoms with Crippen LogP contribution < -0.4 is 15.2 Å². The Kier molecular flexibility index (Phi) is 4.27. The van der Waals surface area contributed by atoms with E-state index in [4.69, 9.17) is 15.2 Å². The first-order valence-corrected chi connectivity index (χ1v) is 9.69. The highest BCUT2D eigenvalue weighted by Crippen LogP contribution is 2.53. The number of hydrogen-bond donors (Lipinski definition) is 1. The summed E-state index contributed by atoms with van der Waals surface area (Å²) >= 11 is 0. The Morgan fingerprint density at radius 3 is 2.80 bits per heavy atom. The summed E-state index contributed by atoms with van der Waals surface area (Å²) in [7, 11) is 0. The molecule has 7 nitrogen and oxygen atoms in total. The predicted octanol–water partition coefficient (Wildman–Crippen LogP) is 4.38. The zero-order valence-corrected chi connectivity index (χ0v) is 16.0. The van der Waals surface area contributed by atoms with Crippen LogP contribution in [0.15, 0.2) is 54.7 Å². The van der Waals surface area contributed by atoms with Crippen LogP contribution in [0.5, 0.6) is 17.4 Å². The number of carbonyl (C=O) groups is 1. The molecule has 0 unspecified atom stereocenters. The van der Waals surface area contributed by atoms with Crippen molar-refractivity contribution in [3.63, 3.8) is 0 Å². The molecule has 2 heterocycles. The highest BCUT2D eigenvalue weighted by molar-refractivity contribution is 5.76. The number of halogens is 1. The van der Waals surface area contributed by atoms with Gasteiger partial charge in [-0.2, -0.15) is 5.10 Å². The number of carbonyl (C=O) groups excluding carboxylic acids is 1. The highest BCUT2D eigenvalue weighted by atomic mass is 19.1. The second-order valence-electron chi connectivity index (χ2n) is 7.48. The smallest absolute Gasteiger partial charge is 0.416 e. The van der Waals surface area contributed by atoms with Crippen molar-refractivity contribution < 1.29 is 18.7 Å². The number of fused-ring (bicyclic) bond motifs is 2. The molecule has 1 fully saturated rings. The first-order valence-electron chi connectivity index (χ1n) is 9.69. The van der Waals surface area contributed by atoms with Gasteiger partial charge in [0.2, 0.25) is 5.88 Å². The summed E-state index contributed by atoms with van der Waals surface area (Å²) in [5.41, 5.74) is 6.50. The lowest BCUT2D eigenvalue weighted by atomic mass is 9.69. The molecule has 1 aromatic heterocycles. The van der Waals surface area contributed by atoms with Gasteiger partial charge < -0.3 is 15.2 Å². The number of aromatic nitrogens is 2. The number of nitrogens with two attached hydrogens (primary N) is 1. The van der Waals surface area contributed by atoms with Gasteiger partial charge in [-0.15, -0.1) is 5.10 Å². The van der Waals surface area contributed by atoms with E-state index in [1.54, 1.807) is 41.4 Å². The van der Waals surface area contributed by atoms with E-state index in [9.17, 15) is 9.18 Å². The Hall–Kier alpha value is -3.68. The summed E-state index contributed by atoms with van der Waals surface area (Å²) in [4.78, 5) is 14.5. The molecule has 0 atom stereocenters. The van der Waals surface area contributed by atoms with Crippen molar-refractivity contribution in [3.8, 4) is 17.4 Å². The van der Waals surface area contributed by atoms with E-state index in [2.05, 4.69) is 10.2 Å². The lowest BCUT2D eigenvalue weighted by molar-refractivity contribution is 0.00114. The maximum absolute atomic E-state index is 14.5. The lowest BCUT2D eigenvalue weighted by Gasteiger charge is -2.52. The molecule has 30 heavy (non-hydrogen) atoms. The van der Waals surface area contributed by atoms with E-state index < -0.39 is 17.4 Å². The monoisotopic (exact) mass is 406 g/mol. The minimum Gasteiger partial charge on any atom is -0.437 e. The summed E-state index contributed by atoms with van der Waals surface area (Å²) in [6.45, 7) is 0.0903. The standard InChI is InChI=1S/C22H19FN4O3/c23-20-14(4-1-5-17(20)24)13-27-21(28)30-18-12-15(29-19-6-2-11-25-26-19)7-8-16(18)22(27)9-3-10-22/h1-2,4-8,11-12H,3,9-10,13,24H2. The fourth-order valence-electron chi connectivity index (χ4n) is 4.13.